The number of piperazine rings is 1. The molecule has 5 aromatic rings. The summed E-state index contributed by atoms with van der Waals surface area (Å²) in [6, 6.07) is 25.4. The Morgan fingerprint density at radius 2 is 1.51 bits per heavy atom. The van der Waals surface area contributed by atoms with E-state index >= 15 is 0 Å². The van der Waals surface area contributed by atoms with Crippen molar-refractivity contribution in [2.75, 3.05) is 32.4 Å². The molecule has 7 rings (SSSR count). The summed E-state index contributed by atoms with van der Waals surface area (Å²) in [6.07, 6.45) is 3.32. The Balaban J connectivity index is 0.000000813. The van der Waals surface area contributed by atoms with Gasteiger partial charge in [-0.3, -0.25) is 4.90 Å². The average molecular weight is 728 g/mol. The van der Waals surface area contributed by atoms with Crippen LogP contribution in [0.2, 0.25) is 0 Å². The number of hydrogen-bond acceptors (Lipinski definition) is 7. The van der Waals surface area contributed by atoms with Gasteiger partial charge in [0.1, 0.15) is 12.0 Å². The second-order valence-electron chi connectivity index (χ2n) is 10.6. The number of fused-ring (bicyclic) bond motifs is 2. The number of nitrogens with one attached hydrogen (secondary N) is 2. The molecule has 47 heavy (non-hydrogen) atoms. The van der Waals surface area contributed by atoms with Gasteiger partial charge < -0.3 is 20.7 Å². The van der Waals surface area contributed by atoms with Gasteiger partial charge in [-0.05, 0) is 41.5 Å². The molecule has 0 unspecified atom stereocenters. The van der Waals surface area contributed by atoms with E-state index in [2.05, 4.69) is 106 Å². The number of H-pyrrole nitrogens is 1. The van der Waals surface area contributed by atoms with Crippen molar-refractivity contribution < 1.29 is 37.6 Å². The molecule has 2 aromatic heterocycles. The molecule has 0 amide bonds. The third kappa shape index (κ3) is 9.73. The van der Waals surface area contributed by atoms with Gasteiger partial charge in [-0.15, -0.1) is 5.69 Å². The van der Waals surface area contributed by atoms with E-state index in [4.69, 9.17) is 9.92 Å². The molecule has 0 spiro atoms. The molecule has 247 valence electrons. The van der Waals surface area contributed by atoms with Gasteiger partial charge >= 0.3 is 0 Å². The topological polar surface area (TPSA) is 83.4 Å². The van der Waals surface area contributed by atoms with Crippen LogP contribution < -0.4 is 5.32 Å². The van der Waals surface area contributed by atoms with Gasteiger partial charge in [0.05, 0.1) is 5.69 Å². The van der Waals surface area contributed by atoms with E-state index in [0.717, 1.165) is 90.6 Å². The van der Waals surface area contributed by atoms with Crippen LogP contribution in [-0.2, 0) is 57.3 Å². The van der Waals surface area contributed by atoms with E-state index in [-0.39, 0.29) is 32.7 Å². The zero-order valence-corrected chi connectivity index (χ0v) is 32.4. The molecule has 2 aliphatic rings. The van der Waals surface area contributed by atoms with Crippen molar-refractivity contribution in [1.29, 1.82) is 0 Å². The quantitative estimate of drug-likeness (QED) is 0.115. The third-order valence-electron chi connectivity index (χ3n) is 7.93. The fourth-order valence-corrected chi connectivity index (χ4v) is 5.67. The Kier molecular flexibility index (Phi) is 16.5. The maximum absolute atomic E-state index is 5.86. The Hall–Kier alpha value is -2.63. The van der Waals surface area contributed by atoms with Crippen LogP contribution in [0.25, 0.3) is 39.0 Å². The zero-order chi connectivity index (χ0) is 32.9. The van der Waals surface area contributed by atoms with Crippen LogP contribution in [0.15, 0.2) is 79.1 Å². The summed E-state index contributed by atoms with van der Waals surface area (Å²) in [5, 5.41) is 6.28. The largest absolute Gasteiger partial charge is 0.541 e. The molecule has 0 aliphatic carbocycles. The number of nitrogens with zero attached hydrogens (tertiary/aromatic N) is 5. The minimum absolute atomic E-state index is 0. The molecular formula is C37H48N7OSY-. The van der Waals surface area contributed by atoms with Gasteiger partial charge in [0.2, 0.25) is 0 Å². The Labute approximate surface area is 311 Å². The molecule has 0 bridgehead atoms. The monoisotopic (exact) mass is 727 g/mol. The number of aromatic nitrogens is 3. The van der Waals surface area contributed by atoms with E-state index in [1.54, 1.807) is 12.6 Å². The van der Waals surface area contributed by atoms with Crippen molar-refractivity contribution in [3.05, 3.63) is 107 Å². The summed E-state index contributed by atoms with van der Waals surface area (Å²) in [5.41, 5.74) is 15.1. The second-order valence-corrected chi connectivity index (χ2v) is 10.6. The average Bonchev–Trinajstić information content (AvgIpc) is 3.76. The molecule has 8 nitrogen and oxygen atoms in total. The van der Waals surface area contributed by atoms with Crippen molar-refractivity contribution in [2.24, 2.45) is 0 Å². The number of hydrogen-bond donors (Lipinski definition) is 3. The second kappa shape index (κ2) is 20.0. The first-order valence-electron chi connectivity index (χ1n) is 16.3. The maximum Gasteiger partial charge on any atom is 0.141 e. The molecule has 1 fully saturated rings. The number of benzene rings is 3. The first-order valence-corrected chi connectivity index (χ1v) is 17.2. The molecule has 0 atom stereocenters. The molecule has 0 saturated carbocycles. The van der Waals surface area contributed by atoms with Crippen molar-refractivity contribution in [3.8, 4) is 22.5 Å². The minimum atomic E-state index is 0. The fraction of sp³-hybridized carbons (Fsp3) is 0.351. The number of rotatable bonds is 7. The van der Waals surface area contributed by atoms with Crippen LogP contribution >= 0.6 is 12.6 Å². The molecule has 2 aliphatic heterocycles. The molecule has 1 radical (unpaired) electrons. The summed E-state index contributed by atoms with van der Waals surface area (Å²) in [7, 11) is 0. The van der Waals surface area contributed by atoms with Gasteiger partial charge in [0, 0.05) is 95.2 Å². The van der Waals surface area contributed by atoms with Crippen LogP contribution in [0.3, 0.4) is 0 Å². The first-order chi connectivity index (χ1) is 22.7. The number of hydroxylamine groups is 2. The predicted molar refractivity (Wildman–Crippen MR) is 195 cm³/mol. The summed E-state index contributed by atoms with van der Waals surface area (Å²) in [5.74, 6) is 0. The van der Waals surface area contributed by atoms with E-state index in [0.29, 0.717) is 0 Å². The van der Waals surface area contributed by atoms with E-state index < -0.39 is 0 Å². The van der Waals surface area contributed by atoms with E-state index in [9.17, 15) is 0 Å². The van der Waals surface area contributed by atoms with Gasteiger partial charge in [-0.1, -0.05) is 100.0 Å². The zero-order valence-electron chi connectivity index (χ0n) is 28.6. The van der Waals surface area contributed by atoms with E-state index in [1.807, 2.05) is 44.9 Å². The number of aromatic amines is 1. The van der Waals surface area contributed by atoms with Crippen LogP contribution in [0.4, 0.5) is 5.69 Å². The summed E-state index contributed by atoms with van der Waals surface area (Å²) < 4.78 is 0. The van der Waals surface area contributed by atoms with Crippen molar-refractivity contribution in [3.63, 3.8) is 0 Å². The number of thiol groups is 1. The predicted octanol–water partition coefficient (Wildman–Crippen LogP) is 8.47. The van der Waals surface area contributed by atoms with Crippen molar-refractivity contribution in [2.45, 2.75) is 54.3 Å². The molecule has 1 saturated heterocycles. The van der Waals surface area contributed by atoms with Gasteiger partial charge in [-0.25, -0.2) is 9.97 Å². The van der Waals surface area contributed by atoms with Crippen molar-refractivity contribution >= 4 is 29.3 Å². The summed E-state index contributed by atoms with van der Waals surface area (Å²) in [4.78, 5) is 21.1. The fourth-order valence-electron chi connectivity index (χ4n) is 5.67. The summed E-state index contributed by atoms with van der Waals surface area (Å²) in [6.45, 7) is 16.8. The molecule has 4 heterocycles. The van der Waals surface area contributed by atoms with Gasteiger partial charge in [0.25, 0.3) is 0 Å². The molecular weight excluding hydrogens is 679 g/mol. The molecule has 10 heteroatoms. The first kappa shape index (κ1) is 38.8. The van der Waals surface area contributed by atoms with Crippen LogP contribution in [0, 0.1) is 6.92 Å². The molecule has 2 N–H and O–H groups in total. The minimum Gasteiger partial charge on any atom is -0.541 e. The van der Waals surface area contributed by atoms with Crippen LogP contribution in [0.1, 0.15) is 49.9 Å². The SMILES string of the molecule is CC.CC.CS.Cc1c([N-]ON2Cc3ccccc3C2)cccc1-c1ncnc2[nH]c(-c3ccc(CN4CCNCC4)cc3)cc12.[Y]. The van der Waals surface area contributed by atoms with Crippen LogP contribution in [-0.4, -0.2) is 57.3 Å². The molecule has 3 aromatic carbocycles. The smallest absolute Gasteiger partial charge is 0.141 e. The standard InChI is InChI=1S/C32H32N7O.2C2H6.CH4S.Y/c1-22-27(7-4-8-29(22)37-40-39-19-25-5-2-3-6-26(25)20-39)31-28-17-30(36-32(28)35-21-34-31)24-11-9-23(10-12-24)18-38-15-13-33-14-16-38;3*1-2;/h2-12,17,21,33H,13-16,18-20H2,1H3,(H,34,35,36);2*1-2H3;2H,1H3;/q-1;;;;. The van der Waals surface area contributed by atoms with Gasteiger partial charge in [0.15, 0.2) is 0 Å². The van der Waals surface area contributed by atoms with Crippen molar-refractivity contribution in [1.82, 2.24) is 30.2 Å². The van der Waals surface area contributed by atoms with Gasteiger partial charge in [-0.2, -0.15) is 17.7 Å². The third-order valence-corrected chi connectivity index (χ3v) is 7.93. The Bertz CT molecular complexity index is 1630. The Morgan fingerprint density at radius 3 is 2.17 bits per heavy atom. The Morgan fingerprint density at radius 1 is 0.851 bits per heavy atom. The van der Waals surface area contributed by atoms with E-state index in [1.165, 1.54) is 16.7 Å². The summed E-state index contributed by atoms with van der Waals surface area (Å²) >= 11 is 3.53. The normalized spacial score (nSPS) is 13.9. The van der Waals surface area contributed by atoms with Crippen LogP contribution in [0.5, 0.6) is 0 Å². The maximum atomic E-state index is 5.86.